The van der Waals surface area contributed by atoms with Crippen LogP contribution in [0.1, 0.15) is 11.3 Å². The predicted octanol–water partition coefficient (Wildman–Crippen LogP) is 3.15. The maximum Gasteiger partial charge on any atom is 0.145 e. The smallest absolute Gasteiger partial charge is 0.145 e. The van der Waals surface area contributed by atoms with E-state index in [2.05, 4.69) is 46.5 Å². The van der Waals surface area contributed by atoms with Gasteiger partial charge in [0.1, 0.15) is 10.5 Å². The van der Waals surface area contributed by atoms with Gasteiger partial charge in [-0.05, 0) is 32.2 Å². The predicted molar refractivity (Wildman–Crippen MR) is 77.9 cm³/mol. The highest BCUT2D eigenvalue weighted by atomic mass is 32.2. The molecule has 0 atom stereocenters. The average Bonchev–Trinajstić information content (AvgIpc) is 2.86. The molecule has 1 aromatic carbocycles. The van der Waals surface area contributed by atoms with Crippen molar-refractivity contribution in [3.05, 3.63) is 41.7 Å². The van der Waals surface area contributed by atoms with Crippen molar-refractivity contribution in [2.24, 2.45) is 0 Å². The lowest BCUT2D eigenvalue weighted by Gasteiger charge is -2.06. The van der Waals surface area contributed by atoms with E-state index in [0.29, 0.717) is 0 Å². The molecular weight excluding hydrogens is 256 g/mol. The van der Waals surface area contributed by atoms with Gasteiger partial charge in [0.25, 0.3) is 0 Å². The Hall–Kier alpha value is -1.88. The fraction of sp³-hybridized carbons (Fsp3) is 0.214. The summed E-state index contributed by atoms with van der Waals surface area (Å²) in [6.07, 6.45) is 3.87. The number of hydrogen-bond acceptors (Lipinski definition) is 4. The molecule has 0 aliphatic rings. The van der Waals surface area contributed by atoms with Crippen LogP contribution in [-0.4, -0.2) is 26.2 Å². The van der Waals surface area contributed by atoms with Gasteiger partial charge in [-0.3, -0.25) is 0 Å². The number of aryl methyl sites for hydroxylation is 2. The molecule has 4 nitrogen and oxygen atoms in total. The summed E-state index contributed by atoms with van der Waals surface area (Å²) in [4.78, 5) is 0. The largest absolute Gasteiger partial charge is 0.230 e. The summed E-state index contributed by atoms with van der Waals surface area (Å²) in [5.74, 6) is 0. The molecule has 0 aliphatic carbocycles. The van der Waals surface area contributed by atoms with Crippen molar-refractivity contribution in [1.82, 2.24) is 20.0 Å². The third kappa shape index (κ3) is 2.00. The van der Waals surface area contributed by atoms with Crippen LogP contribution in [0.2, 0.25) is 0 Å². The highest BCUT2D eigenvalue weighted by Gasteiger charge is 2.13. The summed E-state index contributed by atoms with van der Waals surface area (Å²) in [6.45, 7) is 4.04. The second kappa shape index (κ2) is 4.66. The molecule has 2 heterocycles. The highest BCUT2D eigenvalue weighted by molar-refractivity contribution is 7.98. The van der Waals surface area contributed by atoms with Crippen LogP contribution >= 0.6 is 11.8 Å². The van der Waals surface area contributed by atoms with E-state index < -0.39 is 0 Å². The molecule has 0 bridgehead atoms. The molecule has 0 unspecified atom stereocenters. The van der Waals surface area contributed by atoms with Crippen LogP contribution in [0.15, 0.2) is 35.5 Å². The molecule has 2 aromatic heterocycles. The molecule has 0 amide bonds. The summed E-state index contributed by atoms with van der Waals surface area (Å²) in [6, 6.07) is 8.31. The molecular formula is C14H14N4S. The molecule has 0 fully saturated rings. The lowest BCUT2D eigenvalue weighted by molar-refractivity contribution is 0.868. The van der Waals surface area contributed by atoms with Crippen LogP contribution in [-0.2, 0) is 0 Å². The molecule has 3 rings (SSSR count). The molecule has 5 heteroatoms. The van der Waals surface area contributed by atoms with Crippen LogP contribution in [0.3, 0.4) is 0 Å². The Morgan fingerprint density at radius 1 is 1.05 bits per heavy atom. The third-order valence-corrected chi connectivity index (χ3v) is 3.79. The van der Waals surface area contributed by atoms with E-state index in [1.807, 2.05) is 24.1 Å². The van der Waals surface area contributed by atoms with Gasteiger partial charge in [0.05, 0.1) is 17.6 Å². The second-order valence-electron chi connectivity index (χ2n) is 4.45. The Kier molecular flexibility index (Phi) is 2.98. The Bertz CT molecular complexity index is 731. The first-order valence-electron chi connectivity index (χ1n) is 6.03. The van der Waals surface area contributed by atoms with Crippen molar-refractivity contribution < 1.29 is 0 Å². The van der Waals surface area contributed by atoms with Crippen LogP contribution in [0.4, 0.5) is 0 Å². The van der Waals surface area contributed by atoms with Crippen molar-refractivity contribution >= 4 is 22.7 Å². The van der Waals surface area contributed by atoms with Crippen molar-refractivity contribution in [2.45, 2.75) is 18.9 Å². The highest BCUT2D eigenvalue weighted by Crippen LogP contribution is 2.27. The minimum Gasteiger partial charge on any atom is -0.230 e. The number of fused-ring (bicyclic) bond motifs is 1. The molecule has 96 valence electrons. The van der Waals surface area contributed by atoms with E-state index in [1.54, 1.807) is 11.8 Å². The molecule has 0 saturated heterocycles. The number of hydrogen-bond donors (Lipinski definition) is 0. The van der Waals surface area contributed by atoms with Crippen LogP contribution in [0.25, 0.3) is 16.6 Å². The summed E-state index contributed by atoms with van der Waals surface area (Å²) in [7, 11) is 0. The second-order valence-corrected chi connectivity index (χ2v) is 5.24. The van der Waals surface area contributed by atoms with E-state index in [0.717, 1.165) is 27.3 Å². The van der Waals surface area contributed by atoms with Gasteiger partial charge in [0.2, 0.25) is 0 Å². The van der Waals surface area contributed by atoms with E-state index in [1.165, 1.54) is 5.56 Å². The van der Waals surface area contributed by atoms with E-state index in [9.17, 15) is 0 Å². The zero-order valence-corrected chi connectivity index (χ0v) is 11.9. The van der Waals surface area contributed by atoms with Crippen molar-refractivity contribution in [2.75, 3.05) is 6.26 Å². The zero-order valence-electron chi connectivity index (χ0n) is 11.1. The van der Waals surface area contributed by atoms with Gasteiger partial charge in [0.15, 0.2) is 0 Å². The normalized spacial score (nSPS) is 11.1. The lowest BCUT2D eigenvalue weighted by Crippen LogP contribution is -1.99. The fourth-order valence-corrected chi connectivity index (χ4v) is 2.57. The topological polar surface area (TPSA) is 43.6 Å². The van der Waals surface area contributed by atoms with Gasteiger partial charge in [-0.15, -0.1) is 16.9 Å². The van der Waals surface area contributed by atoms with Gasteiger partial charge < -0.3 is 0 Å². The SMILES string of the molecule is CSc1nnc(C)c2cnn(-c3ccc(C)cc3)c12. The van der Waals surface area contributed by atoms with Crippen molar-refractivity contribution in [3.8, 4) is 5.69 Å². The van der Waals surface area contributed by atoms with Gasteiger partial charge >= 0.3 is 0 Å². The van der Waals surface area contributed by atoms with Crippen LogP contribution in [0, 0.1) is 13.8 Å². The number of benzene rings is 1. The quantitative estimate of drug-likeness (QED) is 0.671. The monoisotopic (exact) mass is 270 g/mol. The van der Waals surface area contributed by atoms with Crippen molar-refractivity contribution in [1.29, 1.82) is 0 Å². The molecule has 3 aromatic rings. The molecule has 0 aliphatic heterocycles. The zero-order chi connectivity index (χ0) is 13.4. The Labute approximate surface area is 115 Å². The average molecular weight is 270 g/mol. The first-order valence-corrected chi connectivity index (χ1v) is 7.25. The molecule has 0 spiro atoms. The van der Waals surface area contributed by atoms with Gasteiger partial charge in [-0.25, -0.2) is 4.68 Å². The number of nitrogens with zero attached hydrogens (tertiary/aromatic N) is 4. The van der Waals surface area contributed by atoms with Crippen LogP contribution in [0.5, 0.6) is 0 Å². The third-order valence-electron chi connectivity index (χ3n) is 3.12. The number of thioether (sulfide) groups is 1. The summed E-state index contributed by atoms with van der Waals surface area (Å²) in [5.41, 5.74) is 4.22. The molecule has 0 radical (unpaired) electrons. The van der Waals surface area contributed by atoms with Gasteiger partial charge in [0, 0.05) is 5.39 Å². The minimum absolute atomic E-state index is 0.902. The summed E-state index contributed by atoms with van der Waals surface area (Å²) >= 11 is 1.59. The lowest BCUT2D eigenvalue weighted by atomic mass is 10.2. The van der Waals surface area contributed by atoms with Crippen molar-refractivity contribution in [3.63, 3.8) is 0 Å². The number of rotatable bonds is 2. The molecule has 0 saturated carbocycles. The Balaban J connectivity index is 2.30. The first kappa shape index (κ1) is 12.2. The van der Waals surface area contributed by atoms with E-state index >= 15 is 0 Å². The summed E-state index contributed by atoms with van der Waals surface area (Å²) < 4.78 is 1.93. The number of aromatic nitrogens is 4. The van der Waals surface area contributed by atoms with Gasteiger partial charge in [-0.1, -0.05) is 17.7 Å². The molecule has 0 N–H and O–H groups in total. The van der Waals surface area contributed by atoms with E-state index in [-0.39, 0.29) is 0 Å². The first-order chi connectivity index (χ1) is 9.20. The maximum atomic E-state index is 4.49. The summed E-state index contributed by atoms with van der Waals surface area (Å²) in [5, 5.41) is 14.9. The van der Waals surface area contributed by atoms with E-state index in [4.69, 9.17) is 0 Å². The Morgan fingerprint density at radius 3 is 2.47 bits per heavy atom. The standard InChI is InChI=1S/C14H14N4S/c1-9-4-6-11(7-5-9)18-13-12(8-15-18)10(2)16-17-14(13)19-3/h4-8H,1-3H3. The fourth-order valence-electron chi connectivity index (χ4n) is 2.06. The molecule has 19 heavy (non-hydrogen) atoms. The maximum absolute atomic E-state index is 4.49. The van der Waals surface area contributed by atoms with Crippen LogP contribution < -0.4 is 0 Å². The minimum atomic E-state index is 0.902. The Morgan fingerprint density at radius 2 is 1.79 bits per heavy atom. The van der Waals surface area contributed by atoms with Gasteiger partial charge in [-0.2, -0.15) is 10.2 Å².